The van der Waals surface area contributed by atoms with Crippen molar-refractivity contribution in [3.05, 3.63) is 24.3 Å². The van der Waals surface area contributed by atoms with E-state index in [9.17, 15) is 14.4 Å². The van der Waals surface area contributed by atoms with E-state index in [4.69, 9.17) is 9.47 Å². The molecule has 162 valence electrons. The normalized spacial score (nSPS) is 28.0. The molecule has 2 N–H and O–H groups in total. The molecule has 1 aliphatic carbocycles. The van der Waals surface area contributed by atoms with Gasteiger partial charge >= 0.3 is 6.03 Å². The maximum atomic E-state index is 12.8. The number of amides is 4. The van der Waals surface area contributed by atoms with E-state index in [0.29, 0.717) is 43.4 Å². The molecule has 2 heterocycles. The molecule has 2 aliphatic heterocycles. The Labute approximate surface area is 175 Å². The standard InChI is InChI=1S/C21H28N4O5/c1-14-7-9-21(10-8-14)19(27)25(20(28)22-21)23-18(26)12-24(2)11-15-13-29-16-5-3-4-6-17(16)30-15/h3-6,14-15H,7-13H2,1-2H3,(H,22,28)(H,23,26). The summed E-state index contributed by atoms with van der Waals surface area (Å²) in [6.07, 6.45) is 2.74. The summed E-state index contributed by atoms with van der Waals surface area (Å²) < 4.78 is 11.6. The van der Waals surface area contributed by atoms with Crippen molar-refractivity contribution in [1.82, 2.24) is 20.7 Å². The lowest BCUT2D eigenvalue weighted by Gasteiger charge is -2.33. The van der Waals surface area contributed by atoms with Crippen LogP contribution in [0.15, 0.2) is 24.3 Å². The number of para-hydroxylation sites is 2. The topological polar surface area (TPSA) is 100 Å². The van der Waals surface area contributed by atoms with Crippen molar-refractivity contribution in [2.45, 2.75) is 44.2 Å². The molecule has 30 heavy (non-hydrogen) atoms. The monoisotopic (exact) mass is 416 g/mol. The lowest BCUT2D eigenvalue weighted by molar-refractivity contribution is -0.140. The van der Waals surface area contributed by atoms with E-state index < -0.39 is 17.5 Å². The molecule has 3 aliphatic rings. The predicted octanol–water partition coefficient (Wildman–Crippen LogP) is 1.29. The molecule has 4 rings (SSSR count). The highest BCUT2D eigenvalue weighted by Crippen LogP contribution is 2.35. The van der Waals surface area contributed by atoms with Gasteiger partial charge in [-0.2, -0.15) is 5.01 Å². The van der Waals surface area contributed by atoms with Crippen molar-refractivity contribution in [2.75, 3.05) is 26.7 Å². The fourth-order valence-electron chi connectivity index (χ4n) is 4.29. The van der Waals surface area contributed by atoms with Gasteiger partial charge in [-0.05, 0) is 50.8 Å². The molecule has 1 aromatic carbocycles. The Balaban J connectivity index is 1.28. The summed E-state index contributed by atoms with van der Waals surface area (Å²) >= 11 is 0. The number of nitrogens with one attached hydrogen (secondary N) is 2. The van der Waals surface area contributed by atoms with Crippen molar-refractivity contribution in [3.63, 3.8) is 0 Å². The first-order chi connectivity index (χ1) is 14.4. The van der Waals surface area contributed by atoms with Crippen LogP contribution in [0.1, 0.15) is 32.6 Å². The van der Waals surface area contributed by atoms with Gasteiger partial charge in [-0.1, -0.05) is 19.1 Å². The van der Waals surface area contributed by atoms with Crippen LogP contribution in [0.4, 0.5) is 4.79 Å². The molecule has 0 bridgehead atoms. The molecule has 0 aromatic heterocycles. The van der Waals surface area contributed by atoms with Gasteiger partial charge in [-0.25, -0.2) is 4.79 Å². The molecular formula is C21H28N4O5. The highest BCUT2D eigenvalue weighted by Gasteiger charge is 2.52. The number of fused-ring (bicyclic) bond motifs is 1. The number of benzene rings is 1. The highest BCUT2D eigenvalue weighted by molar-refractivity contribution is 6.08. The summed E-state index contributed by atoms with van der Waals surface area (Å²) in [5.74, 6) is 1.13. The summed E-state index contributed by atoms with van der Waals surface area (Å²) in [6.45, 7) is 3.01. The van der Waals surface area contributed by atoms with E-state index in [1.807, 2.05) is 24.3 Å². The lowest BCUT2D eigenvalue weighted by Crippen LogP contribution is -2.53. The fourth-order valence-corrected chi connectivity index (χ4v) is 4.29. The van der Waals surface area contributed by atoms with E-state index in [-0.39, 0.29) is 18.6 Å². The summed E-state index contributed by atoms with van der Waals surface area (Å²) in [5.41, 5.74) is 1.59. The molecule has 2 fully saturated rings. The van der Waals surface area contributed by atoms with Gasteiger partial charge in [0.05, 0.1) is 6.54 Å². The number of hydrogen-bond acceptors (Lipinski definition) is 6. The van der Waals surface area contributed by atoms with Gasteiger partial charge in [-0.15, -0.1) is 0 Å². The van der Waals surface area contributed by atoms with Crippen molar-refractivity contribution < 1.29 is 23.9 Å². The molecule has 0 radical (unpaired) electrons. The largest absolute Gasteiger partial charge is 0.486 e. The minimum absolute atomic E-state index is 0.0165. The molecule has 4 amide bonds. The molecule has 1 spiro atoms. The number of hydrazine groups is 1. The zero-order valence-corrected chi connectivity index (χ0v) is 17.3. The summed E-state index contributed by atoms with van der Waals surface area (Å²) in [6, 6.07) is 6.88. The number of carbonyl (C=O) groups excluding carboxylic acids is 3. The molecule has 9 heteroatoms. The van der Waals surface area contributed by atoms with Crippen LogP contribution in [-0.2, 0) is 9.59 Å². The highest BCUT2D eigenvalue weighted by atomic mass is 16.6. The Morgan fingerprint density at radius 1 is 1.27 bits per heavy atom. The number of rotatable bonds is 5. The second-order valence-electron chi connectivity index (χ2n) is 8.56. The van der Waals surface area contributed by atoms with E-state index in [1.54, 1.807) is 11.9 Å². The number of nitrogens with zero attached hydrogens (tertiary/aromatic N) is 2. The first-order valence-electron chi connectivity index (χ1n) is 10.4. The van der Waals surface area contributed by atoms with E-state index >= 15 is 0 Å². The van der Waals surface area contributed by atoms with Crippen LogP contribution in [0.3, 0.4) is 0 Å². The third kappa shape index (κ3) is 4.07. The third-order valence-electron chi connectivity index (χ3n) is 6.02. The molecule has 1 saturated heterocycles. The zero-order chi connectivity index (χ0) is 21.3. The first kappa shape index (κ1) is 20.5. The number of imide groups is 1. The summed E-state index contributed by atoms with van der Waals surface area (Å²) in [7, 11) is 1.78. The first-order valence-corrected chi connectivity index (χ1v) is 10.4. The number of carbonyl (C=O) groups is 3. The molecule has 1 saturated carbocycles. The second-order valence-corrected chi connectivity index (χ2v) is 8.56. The number of likely N-dealkylation sites (N-methyl/N-ethyl adjacent to an activating group) is 1. The average Bonchev–Trinajstić information content (AvgIpc) is 2.94. The van der Waals surface area contributed by atoms with Crippen LogP contribution in [0, 0.1) is 5.92 Å². The minimum Gasteiger partial charge on any atom is -0.486 e. The second kappa shape index (κ2) is 8.14. The molecule has 1 unspecified atom stereocenters. The molecule has 1 aromatic rings. The van der Waals surface area contributed by atoms with E-state index in [1.165, 1.54) is 0 Å². The Morgan fingerprint density at radius 3 is 2.70 bits per heavy atom. The van der Waals surface area contributed by atoms with Gasteiger partial charge < -0.3 is 14.8 Å². The van der Waals surface area contributed by atoms with Crippen molar-refractivity contribution in [1.29, 1.82) is 0 Å². The van der Waals surface area contributed by atoms with Crippen molar-refractivity contribution in [3.8, 4) is 11.5 Å². The van der Waals surface area contributed by atoms with Gasteiger partial charge in [0.2, 0.25) is 0 Å². The van der Waals surface area contributed by atoms with Crippen LogP contribution in [0.5, 0.6) is 11.5 Å². The molecule has 9 nitrogen and oxygen atoms in total. The lowest BCUT2D eigenvalue weighted by atomic mass is 9.77. The van der Waals surface area contributed by atoms with Crippen LogP contribution >= 0.6 is 0 Å². The van der Waals surface area contributed by atoms with Crippen LogP contribution in [0.2, 0.25) is 0 Å². The average molecular weight is 416 g/mol. The third-order valence-corrected chi connectivity index (χ3v) is 6.02. The Morgan fingerprint density at radius 2 is 1.97 bits per heavy atom. The van der Waals surface area contributed by atoms with E-state index in [2.05, 4.69) is 17.7 Å². The predicted molar refractivity (Wildman–Crippen MR) is 108 cm³/mol. The van der Waals surface area contributed by atoms with Crippen LogP contribution < -0.4 is 20.2 Å². The van der Waals surface area contributed by atoms with Gasteiger partial charge in [0.25, 0.3) is 11.8 Å². The maximum absolute atomic E-state index is 12.8. The van der Waals surface area contributed by atoms with E-state index in [0.717, 1.165) is 17.9 Å². The van der Waals surface area contributed by atoms with Crippen LogP contribution in [0.25, 0.3) is 0 Å². The Bertz CT molecular complexity index is 836. The smallest absolute Gasteiger partial charge is 0.344 e. The maximum Gasteiger partial charge on any atom is 0.344 e. The van der Waals surface area contributed by atoms with Gasteiger partial charge in [0.15, 0.2) is 11.5 Å². The minimum atomic E-state index is -0.872. The van der Waals surface area contributed by atoms with Gasteiger partial charge in [0.1, 0.15) is 18.2 Å². The number of urea groups is 1. The zero-order valence-electron chi connectivity index (χ0n) is 17.3. The van der Waals surface area contributed by atoms with Crippen LogP contribution in [-0.4, -0.2) is 66.1 Å². The van der Waals surface area contributed by atoms with Gasteiger partial charge in [-0.3, -0.25) is 19.9 Å². The van der Waals surface area contributed by atoms with Crippen molar-refractivity contribution in [2.24, 2.45) is 5.92 Å². The molecular weight excluding hydrogens is 388 g/mol. The number of hydrogen-bond donors (Lipinski definition) is 2. The Hall–Kier alpha value is -2.81. The Kier molecular flexibility index (Phi) is 5.55. The SMILES string of the molecule is CC1CCC2(CC1)NC(=O)N(NC(=O)CN(C)CC1COc3ccccc3O1)C2=O. The van der Waals surface area contributed by atoms with Gasteiger partial charge in [0, 0.05) is 6.54 Å². The quantitative estimate of drug-likeness (QED) is 0.702. The fraction of sp³-hybridized carbons (Fsp3) is 0.571. The molecule has 1 atom stereocenters. The summed E-state index contributed by atoms with van der Waals surface area (Å²) in [4.78, 5) is 39.4. The summed E-state index contributed by atoms with van der Waals surface area (Å²) in [5, 5.41) is 3.63. The van der Waals surface area contributed by atoms with Crippen molar-refractivity contribution >= 4 is 17.8 Å². The number of ether oxygens (including phenoxy) is 2.